The molecule has 6 rings (SSSR count). The second-order valence-corrected chi connectivity index (χ2v) is 9.74. The third-order valence-electron chi connectivity index (χ3n) is 7.37. The molecule has 0 aliphatic carbocycles. The topological polar surface area (TPSA) is 63.2 Å². The molecule has 0 atom stereocenters. The summed E-state index contributed by atoms with van der Waals surface area (Å²) < 4.78 is 32.0. The van der Waals surface area contributed by atoms with Gasteiger partial charge in [0.15, 0.2) is 5.65 Å². The van der Waals surface area contributed by atoms with Crippen molar-refractivity contribution in [1.29, 1.82) is 0 Å². The molecule has 2 aromatic heterocycles. The summed E-state index contributed by atoms with van der Waals surface area (Å²) in [6, 6.07) is 11.9. The zero-order valence-electron chi connectivity index (χ0n) is 20.3. The van der Waals surface area contributed by atoms with Crippen molar-refractivity contribution in [3.63, 3.8) is 0 Å². The zero-order valence-corrected chi connectivity index (χ0v) is 20.3. The number of hydrogen-bond donors (Lipinski definition) is 1. The van der Waals surface area contributed by atoms with Crippen LogP contribution in [0.4, 0.5) is 25.8 Å². The van der Waals surface area contributed by atoms with Crippen LogP contribution < -0.4 is 15.5 Å². The molecule has 0 radical (unpaired) electrons. The van der Waals surface area contributed by atoms with Gasteiger partial charge in [-0.25, -0.2) is 18.7 Å². The molecule has 2 N–H and O–H groups in total. The summed E-state index contributed by atoms with van der Waals surface area (Å²) >= 11 is 0. The molecule has 0 bridgehead atoms. The standard InChI is InChI=1S/C28H30F2N6/c29-21-17-19(7-9-23(21)31)27-33-26-25(35-15-3-1-2-4-16-35)11-12-32-28(26)36(27)24-10-8-20(18-22(24)30)34-13-5-6-14-34/h7-12,17-18H,1-6,13-16,31H2. The molecule has 2 fully saturated rings. The van der Waals surface area contributed by atoms with Crippen molar-refractivity contribution in [2.24, 2.45) is 0 Å². The van der Waals surface area contributed by atoms with Gasteiger partial charge in [0.2, 0.25) is 0 Å². The summed E-state index contributed by atoms with van der Waals surface area (Å²) in [5.41, 5.74) is 9.75. The predicted octanol–water partition coefficient (Wildman–Crippen LogP) is 5.93. The van der Waals surface area contributed by atoms with Crippen molar-refractivity contribution in [2.75, 3.05) is 41.7 Å². The lowest BCUT2D eigenvalue weighted by molar-refractivity contribution is 0.619. The number of anilines is 3. The first kappa shape index (κ1) is 22.8. The minimum Gasteiger partial charge on any atom is -0.396 e. The van der Waals surface area contributed by atoms with Crippen LogP contribution in [0.5, 0.6) is 0 Å². The third kappa shape index (κ3) is 4.04. The lowest BCUT2D eigenvalue weighted by Gasteiger charge is -2.22. The van der Waals surface area contributed by atoms with Crippen molar-refractivity contribution in [3.8, 4) is 17.1 Å². The van der Waals surface area contributed by atoms with E-state index < -0.39 is 5.82 Å². The Morgan fingerprint density at radius 1 is 0.722 bits per heavy atom. The fraction of sp³-hybridized carbons (Fsp3) is 0.357. The number of nitrogen functional groups attached to an aromatic ring is 1. The van der Waals surface area contributed by atoms with Gasteiger partial charge in [0, 0.05) is 43.6 Å². The van der Waals surface area contributed by atoms with Crippen LogP contribution in [-0.2, 0) is 0 Å². The molecule has 2 aliphatic rings. The molecule has 0 unspecified atom stereocenters. The molecule has 36 heavy (non-hydrogen) atoms. The molecular formula is C28H30F2N6. The summed E-state index contributed by atoms with van der Waals surface area (Å²) in [5.74, 6) is -0.457. The monoisotopic (exact) mass is 488 g/mol. The van der Waals surface area contributed by atoms with E-state index in [1.54, 1.807) is 29.0 Å². The number of imidazole rings is 1. The van der Waals surface area contributed by atoms with E-state index in [4.69, 9.17) is 10.7 Å². The van der Waals surface area contributed by atoms with Crippen molar-refractivity contribution < 1.29 is 8.78 Å². The Bertz CT molecular complexity index is 1400. The van der Waals surface area contributed by atoms with Crippen LogP contribution in [0.1, 0.15) is 38.5 Å². The van der Waals surface area contributed by atoms with E-state index in [0.29, 0.717) is 28.2 Å². The maximum Gasteiger partial charge on any atom is 0.167 e. The van der Waals surface area contributed by atoms with E-state index in [9.17, 15) is 4.39 Å². The Morgan fingerprint density at radius 2 is 1.44 bits per heavy atom. The average Bonchev–Trinajstić information content (AvgIpc) is 3.47. The normalized spacial score (nSPS) is 16.6. The molecule has 4 aromatic rings. The molecule has 0 spiro atoms. The summed E-state index contributed by atoms with van der Waals surface area (Å²) in [5, 5.41) is 0. The zero-order chi connectivity index (χ0) is 24.6. The van der Waals surface area contributed by atoms with Crippen LogP contribution in [0.3, 0.4) is 0 Å². The fourth-order valence-corrected chi connectivity index (χ4v) is 5.46. The van der Waals surface area contributed by atoms with Crippen LogP contribution >= 0.6 is 0 Å². The maximum absolute atomic E-state index is 15.7. The number of rotatable bonds is 4. The van der Waals surface area contributed by atoms with Crippen molar-refractivity contribution >= 4 is 28.2 Å². The smallest absolute Gasteiger partial charge is 0.167 e. The lowest BCUT2D eigenvalue weighted by Crippen LogP contribution is -2.24. The van der Waals surface area contributed by atoms with Crippen molar-refractivity contribution in [2.45, 2.75) is 38.5 Å². The Labute approximate surface area is 209 Å². The van der Waals surface area contributed by atoms with Gasteiger partial charge in [0.05, 0.1) is 17.1 Å². The van der Waals surface area contributed by atoms with Crippen LogP contribution in [0.15, 0.2) is 48.7 Å². The summed E-state index contributed by atoms with van der Waals surface area (Å²) in [4.78, 5) is 14.1. The molecule has 2 saturated heterocycles. The van der Waals surface area contributed by atoms with Crippen LogP contribution in [-0.4, -0.2) is 40.7 Å². The second-order valence-electron chi connectivity index (χ2n) is 9.74. The van der Waals surface area contributed by atoms with Crippen molar-refractivity contribution in [3.05, 3.63) is 60.3 Å². The minimum absolute atomic E-state index is 0.0611. The number of nitrogens with zero attached hydrogens (tertiary/aromatic N) is 5. The van der Waals surface area contributed by atoms with E-state index in [1.807, 2.05) is 12.1 Å². The van der Waals surface area contributed by atoms with Crippen LogP contribution in [0, 0.1) is 11.6 Å². The number of hydrogen-bond acceptors (Lipinski definition) is 5. The maximum atomic E-state index is 15.7. The lowest BCUT2D eigenvalue weighted by atomic mass is 10.1. The largest absolute Gasteiger partial charge is 0.396 e. The predicted molar refractivity (Wildman–Crippen MR) is 141 cm³/mol. The highest BCUT2D eigenvalue weighted by Crippen LogP contribution is 2.35. The molecular weight excluding hydrogens is 458 g/mol. The highest BCUT2D eigenvalue weighted by molar-refractivity contribution is 5.90. The first-order valence-electron chi connectivity index (χ1n) is 12.8. The molecule has 2 aliphatic heterocycles. The Kier molecular flexibility index (Phi) is 5.95. The number of pyridine rings is 1. The van der Waals surface area contributed by atoms with E-state index in [0.717, 1.165) is 63.2 Å². The Hall–Kier alpha value is -3.68. The fourth-order valence-electron chi connectivity index (χ4n) is 5.46. The number of aromatic nitrogens is 3. The molecule has 0 amide bonds. The van der Waals surface area contributed by atoms with Crippen LogP contribution in [0.2, 0.25) is 0 Å². The van der Waals surface area contributed by atoms with Gasteiger partial charge in [-0.2, -0.15) is 0 Å². The van der Waals surface area contributed by atoms with Gasteiger partial charge >= 0.3 is 0 Å². The molecule has 186 valence electrons. The van der Waals surface area contributed by atoms with E-state index in [2.05, 4.69) is 14.8 Å². The van der Waals surface area contributed by atoms with Gasteiger partial charge in [-0.3, -0.25) is 4.57 Å². The van der Waals surface area contributed by atoms with E-state index in [1.165, 1.54) is 25.0 Å². The van der Waals surface area contributed by atoms with Gasteiger partial charge in [0.1, 0.15) is 23.0 Å². The number of halogens is 2. The van der Waals surface area contributed by atoms with Crippen LogP contribution in [0.25, 0.3) is 28.2 Å². The third-order valence-corrected chi connectivity index (χ3v) is 7.37. The highest BCUT2D eigenvalue weighted by Gasteiger charge is 2.24. The number of benzene rings is 2. The minimum atomic E-state index is -0.531. The highest BCUT2D eigenvalue weighted by atomic mass is 19.1. The van der Waals surface area contributed by atoms with E-state index in [-0.39, 0.29) is 11.5 Å². The second kappa shape index (κ2) is 9.41. The summed E-state index contributed by atoms with van der Waals surface area (Å²) in [6.07, 6.45) is 8.65. The Morgan fingerprint density at radius 3 is 2.17 bits per heavy atom. The summed E-state index contributed by atoms with van der Waals surface area (Å²) in [7, 11) is 0. The molecule has 8 heteroatoms. The van der Waals surface area contributed by atoms with Crippen molar-refractivity contribution in [1.82, 2.24) is 14.5 Å². The first-order chi connectivity index (χ1) is 17.6. The van der Waals surface area contributed by atoms with Gasteiger partial charge in [-0.05, 0) is 68.1 Å². The number of nitrogens with two attached hydrogens (primary N) is 1. The summed E-state index contributed by atoms with van der Waals surface area (Å²) in [6.45, 7) is 3.75. The molecule has 6 nitrogen and oxygen atoms in total. The SMILES string of the molecule is Nc1ccc(-c2nc3c(N4CCCCCC4)ccnc3n2-c2ccc(N3CCCC3)cc2F)cc1F. The number of fused-ring (bicyclic) bond motifs is 1. The quantitative estimate of drug-likeness (QED) is 0.361. The van der Waals surface area contributed by atoms with Gasteiger partial charge < -0.3 is 15.5 Å². The van der Waals surface area contributed by atoms with E-state index >= 15 is 4.39 Å². The Balaban J connectivity index is 1.55. The van der Waals surface area contributed by atoms with Gasteiger partial charge in [-0.15, -0.1) is 0 Å². The average molecular weight is 489 g/mol. The molecule has 4 heterocycles. The molecule has 2 aromatic carbocycles. The van der Waals surface area contributed by atoms with Gasteiger partial charge in [-0.1, -0.05) is 12.8 Å². The first-order valence-corrected chi connectivity index (χ1v) is 12.8. The molecule has 0 saturated carbocycles. The van der Waals surface area contributed by atoms with Gasteiger partial charge in [0.25, 0.3) is 0 Å².